The van der Waals surface area contributed by atoms with Crippen LogP contribution in [0.4, 0.5) is 4.39 Å². The molecule has 0 spiro atoms. The molecule has 1 atom stereocenters. The molecule has 1 unspecified atom stereocenters. The maximum absolute atomic E-state index is 13.1. The molecule has 3 nitrogen and oxygen atoms in total. The third-order valence-corrected chi connectivity index (χ3v) is 3.28. The van der Waals surface area contributed by atoms with E-state index < -0.39 is 0 Å². The van der Waals surface area contributed by atoms with Crippen LogP contribution in [-0.4, -0.2) is 37.2 Å². The second-order valence-electron chi connectivity index (χ2n) is 4.30. The van der Waals surface area contributed by atoms with Gasteiger partial charge in [0.15, 0.2) is 0 Å². The van der Waals surface area contributed by atoms with Crippen LogP contribution in [0.25, 0.3) is 0 Å². The summed E-state index contributed by atoms with van der Waals surface area (Å²) < 4.78 is 19.3. The standard InChI is InChI=1S/C12H16BrFN2O/c13-9-5-10(14)7-12(6-9)17-4-3-16-2-1-11(15)8-16/h5-7,11H,1-4,8,15H2. The molecule has 0 radical (unpaired) electrons. The van der Waals surface area contributed by atoms with E-state index in [2.05, 4.69) is 20.8 Å². The summed E-state index contributed by atoms with van der Waals surface area (Å²) in [6, 6.07) is 4.85. The largest absolute Gasteiger partial charge is 0.492 e. The molecule has 1 aromatic rings. The average molecular weight is 303 g/mol. The van der Waals surface area contributed by atoms with Crippen LogP contribution in [0.5, 0.6) is 5.75 Å². The molecule has 1 aliphatic rings. The highest BCUT2D eigenvalue weighted by molar-refractivity contribution is 9.10. The second kappa shape index (κ2) is 5.80. The van der Waals surface area contributed by atoms with E-state index in [0.29, 0.717) is 22.9 Å². The molecule has 0 aliphatic carbocycles. The van der Waals surface area contributed by atoms with Crippen molar-refractivity contribution in [2.24, 2.45) is 5.73 Å². The first-order chi connectivity index (χ1) is 8.13. The Morgan fingerprint density at radius 1 is 1.47 bits per heavy atom. The number of halogens is 2. The molecule has 94 valence electrons. The van der Waals surface area contributed by atoms with Crippen molar-refractivity contribution in [3.63, 3.8) is 0 Å². The first-order valence-corrected chi connectivity index (χ1v) is 6.49. The van der Waals surface area contributed by atoms with Crippen LogP contribution in [0.15, 0.2) is 22.7 Å². The van der Waals surface area contributed by atoms with Crippen molar-refractivity contribution in [3.05, 3.63) is 28.5 Å². The van der Waals surface area contributed by atoms with Crippen LogP contribution in [-0.2, 0) is 0 Å². The molecule has 1 saturated heterocycles. The Morgan fingerprint density at radius 2 is 2.29 bits per heavy atom. The SMILES string of the molecule is NC1CCN(CCOc2cc(F)cc(Br)c2)C1. The Labute approximate surface area is 109 Å². The maximum atomic E-state index is 13.1. The number of hydrogen-bond donors (Lipinski definition) is 1. The Bertz CT molecular complexity index is 369. The van der Waals surface area contributed by atoms with Gasteiger partial charge in [0, 0.05) is 29.7 Å². The fourth-order valence-electron chi connectivity index (χ4n) is 1.97. The van der Waals surface area contributed by atoms with Crippen LogP contribution in [0.3, 0.4) is 0 Å². The zero-order valence-corrected chi connectivity index (χ0v) is 11.1. The van der Waals surface area contributed by atoms with E-state index in [1.807, 2.05) is 0 Å². The lowest BCUT2D eigenvalue weighted by Gasteiger charge is -2.15. The minimum absolute atomic E-state index is 0.290. The Kier molecular flexibility index (Phi) is 4.36. The summed E-state index contributed by atoms with van der Waals surface area (Å²) in [5.41, 5.74) is 5.81. The average Bonchev–Trinajstić information content (AvgIpc) is 2.63. The Morgan fingerprint density at radius 3 is 2.94 bits per heavy atom. The van der Waals surface area contributed by atoms with E-state index in [4.69, 9.17) is 10.5 Å². The molecule has 1 aliphatic heterocycles. The van der Waals surface area contributed by atoms with Gasteiger partial charge in [-0.1, -0.05) is 15.9 Å². The predicted molar refractivity (Wildman–Crippen MR) is 68.6 cm³/mol. The number of rotatable bonds is 4. The summed E-state index contributed by atoms with van der Waals surface area (Å²) in [6.45, 7) is 3.35. The van der Waals surface area contributed by atoms with Crippen LogP contribution in [0, 0.1) is 5.82 Å². The fraction of sp³-hybridized carbons (Fsp3) is 0.500. The van der Waals surface area contributed by atoms with E-state index in [9.17, 15) is 4.39 Å². The monoisotopic (exact) mass is 302 g/mol. The molecule has 17 heavy (non-hydrogen) atoms. The van der Waals surface area contributed by atoms with Crippen molar-refractivity contribution in [1.29, 1.82) is 0 Å². The molecule has 0 aromatic heterocycles. The van der Waals surface area contributed by atoms with E-state index in [-0.39, 0.29) is 5.82 Å². The summed E-state index contributed by atoms with van der Waals surface area (Å²) in [4.78, 5) is 2.26. The number of hydrogen-bond acceptors (Lipinski definition) is 3. The molecular formula is C12H16BrFN2O. The second-order valence-corrected chi connectivity index (χ2v) is 5.22. The van der Waals surface area contributed by atoms with Crippen molar-refractivity contribution >= 4 is 15.9 Å². The van der Waals surface area contributed by atoms with Gasteiger partial charge in [0.1, 0.15) is 18.2 Å². The van der Waals surface area contributed by atoms with Gasteiger partial charge in [-0.25, -0.2) is 4.39 Å². The maximum Gasteiger partial charge on any atom is 0.128 e. The van der Waals surface area contributed by atoms with Gasteiger partial charge >= 0.3 is 0 Å². The summed E-state index contributed by atoms with van der Waals surface area (Å²) in [7, 11) is 0. The highest BCUT2D eigenvalue weighted by Crippen LogP contribution is 2.20. The van der Waals surface area contributed by atoms with Gasteiger partial charge < -0.3 is 10.5 Å². The smallest absolute Gasteiger partial charge is 0.128 e. The summed E-state index contributed by atoms with van der Waals surface area (Å²) >= 11 is 3.23. The van der Waals surface area contributed by atoms with E-state index in [1.54, 1.807) is 6.07 Å². The van der Waals surface area contributed by atoms with Crippen molar-refractivity contribution in [1.82, 2.24) is 4.90 Å². The van der Waals surface area contributed by atoms with Crippen LogP contribution in [0.1, 0.15) is 6.42 Å². The number of nitrogens with zero attached hydrogens (tertiary/aromatic N) is 1. The third kappa shape index (κ3) is 3.94. The Hall–Kier alpha value is -0.650. The van der Waals surface area contributed by atoms with Crippen molar-refractivity contribution in [2.45, 2.75) is 12.5 Å². The fourth-order valence-corrected chi connectivity index (χ4v) is 2.41. The van der Waals surface area contributed by atoms with Gasteiger partial charge in [0.05, 0.1) is 0 Å². The quantitative estimate of drug-likeness (QED) is 0.924. The highest BCUT2D eigenvalue weighted by Gasteiger charge is 2.18. The van der Waals surface area contributed by atoms with Gasteiger partial charge in [-0.3, -0.25) is 4.90 Å². The molecule has 1 heterocycles. The number of ether oxygens (including phenoxy) is 1. The molecule has 5 heteroatoms. The first kappa shape index (κ1) is 12.8. The Balaban J connectivity index is 1.78. The lowest BCUT2D eigenvalue weighted by molar-refractivity contribution is 0.235. The normalized spacial score (nSPS) is 20.8. The van der Waals surface area contributed by atoms with Gasteiger partial charge in [-0.2, -0.15) is 0 Å². The molecule has 1 aromatic carbocycles. The molecule has 1 fully saturated rings. The highest BCUT2D eigenvalue weighted by atomic mass is 79.9. The molecule has 0 bridgehead atoms. The zero-order chi connectivity index (χ0) is 12.3. The molecule has 0 saturated carbocycles. The number of benzene rings is 1. The third-order valence-electron chi connectivity index (χ3n) is 2.82. The minimum Gasteiger partial charge on any atom is -0.492 e. The van der Waals surface area contributed by atoms with E-state index in [0.717, 1.165) is 26.1 Å². The summed E-state index contributed by atoms with van der Waals surface area (Å²) in [5, 5.41) is 0. The van der Waals surface area contributed by atoms with Crippen molar-refractivity contribution in [2.75, 3.05) is 26.2 Å². The number of likely N-dealkylation sites (tertiary alicyclic amines) is 1. The predicted octanol–water partition coefficient (Wildman–Crippen LogP) is 2.00. The lowest BCUT2D eigenvalue weighted by Crippen LogP contribution is -2.29. The van der Waals surface area contributed by atoms with Crippen LogP contribution >= 0.6 is 15.9 Å². The zero-order valence-electron chi connectivity index (χ0n) is 9.53. The summed E-state index contributed by atoms with van der Waals surface area (Å²) in [6.07, 6.45) is 1.05. The number of nitrogens with two attached hydrogens (primary N) is 1. The van der Waals surface area contributed by atoms with Gasteiger partial charge in [-0.05, 0) is 25.1 Å². The lowest BCUT2D eigenvalue weighted by atomic mass is 10.3. The first-order valence-electron chi connectivity index (χ1n) is 5.70. The van der Waals surface area contributed by atoms with Crippen molar-refractivity contribution in [3.8, 4) is 5.75 Å². The minimum atomic E-state index is -0.294. The van der Waals surface area contributed by atoms with Gasteiger partial charge in [0.25, 0.3) is 0 Å². The molecule has 2 N–H and O–H groups in total. The van der Waals surface area contributed by atoms with E-state index >= 15 is 0 Å². The van der Waals surface area contributed by atoms with Gasteiger partial charge in [0.2, 0.25) is 0 Å². The van der Waals surface area contributed by atoms with E-state index in [1.165, 1.54) is 12.1 Å². The topological polar surface area (TPSA) is 38.5 Å². The van der Waals surface area contributed by atoms with Crippen LogP contribution < -0.4 is 10.5 Å². The molecule has 0 amide bonds. The van der Waals surface area contributed by atoms with Crippen LogP contribution in [0.2, 0.25) is 0 Å². The molecule has 2 rings (SSSR count). The molecular weight excluding hydrogens is 287 g/mol. The van der Waals surface area contributed by atoms with Gasteiger partial charge in [-0.15, -0.1) is 0 Å². The summed E-state index contributed by atoms with van der Waals surface area (Å²) in [5.74, 6) is 0.262. The van der Waals surface area contributed by atoms with Crippen molar-refractivity contribution < 1.29 is 9.13 Å².